The van der Waals surface area contributed by atoms with Crippen LogP contribution >= 0.6 is 92.8 Å². The van der Waals surface area contributed by atoms with Crippen molar-refractivity contribution in [2.75, 3.05) is 98.4 Å². The summed E-state index contributed by atoms with van der Waals surface area (Å²) in [6, 6.07) is 57.2. The zero-order chi connectivity index (χ0) is 101. The van der Waals surface area contributed by atoms with E-state index in [4.69, 9.17) is 143 Å². The van der Waals surface area contributed by atoms with E-state index in [0.717, 1.165) is 78.3 Å². The second-order valence-electron chi connectivity index (χ2n) is 34.4. The van der Waals surface area contributed by atoms with Gasteiger partial charge in [-0.15, -0.1) is 0 Å². The number of carboxylic acids is 2. The average molecular weight is 2080 g/mol. The van der Waals surface area contributed by atoms with Crippen molar-refractivity contribution in [1.29, 1.82) is 0 Å². The van der Waals surface area contributed by atoms with Crippen LogP contribution in [0.4, 0.5) is 37.1 Å². The molecule has 0 unspecified atom stereocenters. The number of esters is 1. The second-order valence-corrected chi connectivity index (χ2v) is 37.9. The SMILES string of the molecule is CC(C)(C)OC(=O)CCC1CN(C(=O)NCc2ccc(Cl)cc2)C1.CC(C)(C)OC(=O)NCC1CNC1.NCC1CN(C(=O)NCc2ccc(Cl)cc2)C1.NCc1ccc(Cl)cc1.O=C(CCC1CN(C(=O)NCc2ccc(Cl)cc2)C1)COc1ccc(Cl)cc1.O=C(CCC1CN(C(=O)NCc2ccc(Cl)cc2)C1)COc1ccc(Cl)cc1.O=C(O)C(F)(F)F.O=C(O)COc1ccc(Cl)cc1. The van der Waals surface area contributed by atoms with E-state index in [9.17, 15) is 56.3 Å². The number of carbonyl (C=O) groups excluding carboxylic acids is 8. The van der Waals surface area contributed by atoms with Crippen LogP contribution in [0.25, 0.3) is 0 Å². The summed E-state index contributed by atoms with van der Waals surface area (Å²) >= 11 is 46.2. The molecule has 5 heterocycles. The number of hydrogen-bond acceptors (Lipinski definition) is 18. The monoisotopic (exact) mass is 2070 g/mol. The van der Waals surface area contributed by atoms with E-state index >= 15 is 0 Å². The molecule has 29 nitrogen and oxygen atoms in total. The number of likely N-dealkylation sites (tertiary alicyclic amines) is 4. The Hall–Kier alpha value is -10.8. The summed E-state index contributed by atoms with van der Waals surface area (Å²) in [6.07, 6.45) is -1.79. The van der Waals surface area contributed by atoms with Crippen molar-refractivity contribution < 1.29 is 95.0 Å². The minimum Gasteiger partial charge on any atom is -0.486 e. The predicted molar refractivity (Wildman–Crippen MR) is 530 cm³/mol. The maximum atomic E-state index is 12.1. The van der Waals surface area contributed by atoms with Gasteiger partial charge >= 0.3 is 54.3 Å². The van der Waals surface area contributed by atoms with Crippen LogP contribution in [-0.4, -0.2) is 205 Å². The zero-order valence-electron chi connectivity index (χ0n) is 77.4. The largest absolute Gasteiger partial charge is 0.490 e. The molecule has 0 radical (unpaired) electrons. The molecule has 0 saturated carbocycles. The number of ketones is 2. The summed E-state index contributed by atoms with van der Waals surface area (Å²) in [6.45, 7) is 22.5. The van der Waals surface area contributed by atoms with Gasteiger partial charge in [0, 0.05) is 176 Å². The normalized spacial score (nSPS) is 13.8. The van der Waals surface area contributed by atoms with Gasteiger partial charge in [0.2, 0.25) is 0 Å². The number of Topliss-reactive ketones (excluding diaryl/α,β-unsaturated/α-hetero) is 2. The summed E-state index contributed by atoms with van der Waals surface area (Å²) in [5.41, 5.74) is 15.2. The van der Waals surface area contributed by atoms with Gasteiger partial charge in [0.1, 0.15) is 41.7 Å². The van der Waals surface area contributed by atoms with Crippen molar-refractivity contribution in [3.05, 3.63) is 262 Å². The highest BCUT2D eigenvalue weighted by Crippen LogP contribution is 2.28. The molecule has 0 aromatic heterocycles. The van der Waals surface area contributed by atoms with E-state index in [-0.39, 0.29) is 67.6 Å². The Labute approximate surface area is 842 Å². The van der Waals surface area contributed by atoms with Gasteiger partial charge in [-0.25, -0.2) is 33.6 Å². The number of urea groups is 4. The molecule has 5 fully saturated rings. The minimum atomic E-state index is -5.08. The highest BCUT2D eigenvalue weighted by atomic mass is 35.5. The predicted octanol–water partition coefficient (Wildman–Crippen LogP) is 19.1. The molecule has 138 heavy (non-hydrogen) atoms. The standard InChI is InChI=1S/2C21H22Cl2N2O3.C18H25ClN2O3.C12H16ClN3O.C9H18N2O2.C8H7ClO3.C7H8ClN.C2HF3O2/c2*22-17-4-1-15(2-5-17)11-24-21(27)25-12-16(13-25)3-8-19(26)14-28-20-9-6-18(23)7-10-20;1-18(2,3)24-16(22)9-6-14-11-21(12-14)17(23)20-10-13-4-7-15(19)8-5-13;13-11-3-1-9(2-4-11)6-15-12(17)16-7-10(5-14)8-16;1-9(2,3)13-8(12)11-6-7-4-10-5-7;9-6-1-3-7(4-2-6)12-5-8(10)11;8-7-3-1-6(5-9)2-4-7;3-2(4,5)1(6)7/h2*1-2,4-7,9-10,16H,3,8,11-14H2,(H,24,27);4-5,7-8,14H,6,9-12H2,1-3H3,(H,20,23);1-4,10H,5-8,14H2,(H,15,17);7,10H,4-6H2,1-3H3,(H,11,12);1-4H,5H2,(H,10,11);1-4H,5,9H2;(H,6,7). The number of rotatable bonds is 30. The average Bonchev–Trinajstić information content (AvgIpc) is 0.835. The van der Waals surface area contributed by atoms with Crippen molar-refractivity contribution in [3.63, 3.8) is 0 Å². The number of amides is 9. The van der Waals surface area contributed by atoms with E-state index in [0.29, 0.717) is 186 Å². The van der Waals surface area contributed by atoms with Gasteiger partial charge in [-0.1, -0.05) is 153 Å². The summed E-state index contributed by atoms with van der Waals surface area (Å²) in [4.78, 5) is 121. The molecule has 750 valence electrons. The number of nitrogens with zero attached hydrogens (tertiary/aromatic N) is 4. The molecular formula is C98H119Cl8F3N12O17. The van der Waals surface area contributed by atoms with Crippen molar-refractivity contribution in [1.82, 2.24) is 51.5 Å². The number of nitrogens with one attached hydrogen (secondary N) is 6. The highest BCUT2D eigenvalue weighted by Gasteiger charge is 2.39. The molecule has 5 aliphatic rings. The molecule has 0 spiro atoms. The van der Waals surface area contributed by atoms with Crippen LogP contribution in [0.3, 0.4) is 0 Å². The van der Waals surface area contributed by atoms with E-state index < -0.39 is 29.3 Å². The van der Waals surface area contributed by atoms with E-state index in [1.165, 1.54) is 0 Å². The number of benzene rings is 8. The molecule has 0 atom stereocenters. The molecule has 8 aromatic rings. The van der Waals surface area contributed by atoms with E-state index in [1.807, 2.05) is 126 Å². The first-order chi connectivity index (χ1) is 65.3. The number of hydrogen-bond donors (Lipinski definition) is 10. The Balaban J connectivity index is 0.000000251. The van der Waals surface area contributed by atoms with Crippen molar-refractivity contribution in [2.24, 2.45) is 41.1 Å². The number of carbonyl (C=O) groups is 10. The van der Waals surface area contributed by atoms with Gasteiger partial charge in [0.05, 0.1) is 0 Å². The number of alkyl carbamates (subject to hydrolysis) is 1. The van der Waals surface area contributed by atoms with Crippen molar-refractivity contribution in [3.8, 4) is 17.2 Å². The quantitative estimate of drug-likeness (QED) is 0.0187. The molecule has 8 aromatic carbocycles. The molecular weight excluding hydrogens is 1960 g/mol. The number of ether oxygens (including phenoxy) is 5. The van der Waals surface area contributed by atoms with Crippen molar-refractivity contribution >= 4 is 152 Å². The number of aliphatic carboxylic acids is 2. The Morgan fingerprint density at radius 3 is 0.855 bits per heavy atom. The van der Waals surface area contributed by atoms with E-state index in [1.54, 1.807) is 129 Å². The first kappa shape index (κ1) is 116. The van der Waals surface area contributed by atoms with E-state index in [2.05, 4.69) is 31.9 Å². The Kier molecular flexibility index (Phi) is 50.7. The Bertz CT molecular complexity index is 4930. The smallest absolute Gasteiger partial charge is 0.486 e. The van der Waals surface area contributed by atoms with Gasteiger partial charge < -0.3 is 96.9 Å². The fourth-order valence-corrected chi connectivity index (χ4v) is 13.5. The molecule has 12 N–H and O–H groups in total. The topological polar surface area (TPSA) is 394 Å². The van der Waals surface area contributed by atoms with Crippen LogP contribution in [0.15, 0.2) is 194 Å². The lowest BCUT2D eigenvalue weighted by atomic mass is 9.94. The first-order valence-electron chi connectivity index (χ1n) is 44.2. The minimum absolute atomic E-state index is 0.0235. The van der Waals surface area contributed by atoms with Gasteiger partial charge in [-0.05, 0) is 246 Å². The highest BCUT2D eigenvalue weighted by molar-refractivity contribution is 6.32. The van der Waals surface area contributed by atoms with Crippen molar-refractivity contribution in [2.45, 2.75) is 130 Å². The molecule has 5 aliphatic heterocycles. The zero-order valence-corrected chi connectivity index (χ0v) is 83.4. The molecule has 0 aliphatic carbocycles. The van der Waals surface area contributed by atoms with Crippen LogP contribution in [0.5, 0.6) is 17.2 Å². The van der Waals surface area contributed by atoms with Gasteiger partial charge in [0.15, 0.2) is 18.2 Å². The summed E-state index contributed by atoms with van der Waals surface area (Å²) in [5, 5.41) is 38.2. The van der Waals surface area contributed by atoms with Crippen LogP contribution in [0.2, 0.25) is 40.2 Å². The van der Waals surface area contributed by atoms with Crippen LogP contribution < -0.4 is 57.6 Å². The molecule has 40 heteroatoms. The number of halogens is 11. The molecule has 5 saturated heterocycles. The number of alkyl halides is 3. The lowest BCUT2D eigenvalue weighted by Gasteiger charge is -2.39. The fraction of sp³-hybridized carbons (Fsp3) is 0.408. The van der Waals surface area contributed by atoms with Gasteiger partial charge in [-0.3, -0.25) is 14.4 Å². The first-order valence-corrected chi connectivity index (χ1v) is 47.2. The lowest BCUT2D eigenvalue weighted by molar-refractivity contribution is -0.192. The molecule has 0 bridgehead atoms. The van der Waals surface area contributed by atoms with Crippen LogP contribution in [0, 0.1) is 29.6 Å². The van der Waals surface area contributed by atoms with Crippen LogP contribution in [0.1, 0.15) is 108 Å². The van der Waals surface area contributed by atoms with Gasteiger partial charge in [0.25, 0.3) is 0 Å². The third kappa shape index (κ3) is 49.2. The fourth-order valence-electron chi connectivity index (χ4n) is 12.5. The van der Waals surface area contributed by atoms with Crippen LogP contribution in [-0.2, 0) is 66.2 Å². The second kappa shape index (κ2) is 60.3. The third-order valence-corrected chi connectivity index (χ3v) is 22.4. The third-order valence-electron chi connectivity index (χ3n) is 20.4. The summed E-state index contributed by atoms with van der Waals surface area (Å²) in [5.74, 6) is 0.0903. The summed E-state index contributed by atoms with van der Waals surface area (Å²) in [7, 11) is 0. The number of nitrogens with two attached hydrogens (primary N) is 2. The Morgan fingerprint density at radius 1 is 0.362 bits per heavy atom. The number of carboxylic acid groups (broad SMARTS) is 2. The maximum absolute atomic E-state index is 12.1. The molecule has 9 amide bonds. The lowest BCUT2D eigenvalue weighted by Crippen LogP contribution is -2.55. The Morgan fingerprint density at radius 2 is 0.616 bits per heavy atom. The van der Waals surface area contributed by atoms with Gasteiger partial charge in [-0.2, -0.15) is 13.2 Å². The summed E-state index contributed by atoms with van der Waals surface area (Å²) < 4.78 is 57.9. The maximum Gasteiger partial charge on any atom is 0.490 e. The molecule has 13 rings (SSSR count).